The number of carbonyl (C=O) groups excluding carboxylic acids is 1. The highest BCUT2D eigenvalue weighted by atomic mass is 35.5. The van der Waals surface area contributed by atoms with Crippen LogP contribution in [-0.2, 0) is 4.79 Å². The van der Waals surface area contributed by atoms with Gasteiger partial charge in [0.05, 0.1) is 13.2 Å². The molecule has 0 saturated heterocycles. The van der Waals surface area contributed by atoms with Crippen LogP contribution in [0.4, 0.5) is 11.4 Å². The topological polar surface area (TPSA) is 84.0 Å². The SMILES string of the molecule is CN=C(NCCCC(=O)Nc1ccc(Cl)cc1)Nc1ccc2c(c1)OCCCO2. The molecule has 0 aliphatic carbocycles. The van der Waals surface area contributed by atoms with Crippen LogP contribution in [0.15, 0.2) is 47.5 Å². The zero-order valence-electron chi connectivity index (χ0n) is 16.3. The molecule has 1 amide bonds. The number of ether oxygens (including phenoxy) is 2. The van der Waals surface area contributed by atoms with Gasteiger partial charge in [0.15, 0.2) is 17.5 Å². The maximum atomic E-state index is 12.0. The molecule has 1 heterocycles. The first-order valence-corrected chi connectivity index (χ1v) is 9.94. The standard InChI is InChI=1S/C21H25ClN4O3/c1-23-21(26-17-9-10-18-19(14-17)29-13-3-12-28-18)24-11-2-4-20(27)25-16-7-5-15(22)6-8-16/h5-10,14H,2-4,11-13H2,1H3,(H,25,27)(H2,23,24,26). The lowest BCUT2D eigenvalue weighted by molar-refractivity contribution is -0.116. The van der Waals surface area contributed by atoms with E-state index in [0.717, 1.165) is 29.3 Å². The summed E-state index contributed by atoms with van der Waals surface area (Å²) in [6.07, 6.45) is 1.93. The van der Waals surface area contributed by atoms with Gasteiger partial charge < -0.3 is 25.4 Å². The van der Waals surface area contributed by atoms with Crippen molar-refractivity contribution in [2.24, 2.45) is 4.99 Å². The molecule has 154 valence electrons. The Hall–Kier alpha value is -2.93. The van der Waals surface area contributed by atoms with Crippen LogP contribution in [0.25, 0.3) is 0 Å². The minimum Gasteiger partial charge on any atom is -0.490 e. The molecule has 8 heteroatoms. The molecule has 3 N–H and O–H groups in total. The molecule has 0 saturated carbocycles. The Morgan fingerprint density at radius 3 is 2.52 bits per heavy atom. The van der Waals surface area contributed by atoms with E-state index < -0.39 is 0 Å². The number of benzene rings is 2. The highest BCUT2D eigenvalue weighted by Crippen LogP contribution is 2.32. The van der Waals surface area contributed by atoms with Crippen molar-refractivity contribution in [1.29, 1.82) is 0 Å². The van der Waals surface area contributed by atoms with Gasteiger partial charge in [-0.25, -0.2) is 0 Å². The van der Waals surface area contributed by atoms with Crippen LogP contribution >= 0.6 is 11.6 Å². The summed E-state index contributed by atoms with van der Waals surface area (Å²) in [6.45, 7) is 1.91. The normalized spacial score (nSPS) is 13.4. The number of aliphatic imine (C=N–C) groups is 1. The average molecular weight is 417 g/mol. The lowest BCUT2D eigenvalue weighted by Gasteiger charge is -2.14. The predicted octanol–water partition coefficient (Wildman–Crippen LogP) is 3.91. The van der Waals surface area contributed by atoms with Crippen molar-refractivity contribution >= 4 is 34.8 Å². The molecule has 0 aromatic heterocycles. The minimum atomic E-state index is -0.0417. The molecule has 0 fully saturated rings. The van der Waals surface area contributed by atoms with E-state index in [4.69, 9.17) is 21.1 Å². The molecular formula is C21H25ClN4O3. The molecular weight excluding hydrogens is 392 g/mol. The van der Waals surface area contributed by atoms with E-state index in [2.05, 4.69) is 20.9 Å². The maximum absolute atomic E-state index is 12.0. The van der Waals surface area contributed by atoms with E-state index in [0.29, 0.717) is 43.6 Å². The number of rotatable bonds is 6. The molecule has 7 nitrogen and oxygen atoms in total. The van der Waals surface area contributed by atoms with Gasteiger partial charge in [0.1, 0.15) is 0 Å². The first-order chi connectivity index (χ1) is 14.1. The summed E-state index contributed by atoms with van der Waals surface area (Å²) in [7, 11) is 1.70. The Morgan fingerprint density at radius 2 is 1.76 bits per heavy atom. The molecule has 2 aromatic rings. The molecule has 0 atom stereocenters. The summed E-state index contributed by atoms with van der Waals surface area (Å²) in [5.74, 6) is 2.06. The summed E-state index contributed by atoms with van der Waals surface area (Å²) in [5.41, 5.74) is 1.59. The molecule has 2 aromatic carbocycles. The van der Waals surface area contributed by atoms with Crippen molar-refractivity contribution in [3.8, 4) is 11.5 Å². The van der Waals surface area contributed by atoms with E-state index in [1.807, 2.05) is 18.2 Å². The van der Waals surface area contributed by atoms with Crippen molar-refractivity contribution in [3.63, 3.8) is 0 Å². The Morgan fingerprint density at radius 1 is 1.03 bits per heavy atom. The van der Waals surface area contributed by atoms with Crippen LogP contribution in [0.2, 0.25) is 5.02 Å². The molecule has 29 heavy (non-hydrogen) atoms. The molecule has 0 bridgehead atoms. The second-order valence-corrected chi connectivity index (χ2v) is 6.93. The Balaban J connectivity index is 1.42. The van der Waals surface area contributed by atoms with Crippen LogP contribution in [0.5, 0.6) is 11.5 Å². The molecule has 0 radical (unpaired) electrons. The molecule has 3 rings (SSSR count). The van der Waals surface area contributed by atoms with E-state index in [-0.39, 0.29) is 5.91 Å². The molecule has 0 spiro atoms. The fourth-order valence-electron chi connectivity index (χ4n) is 2.77. The summed E-state index contributed by atoms with van der Waals surface area (Å²) >= 11 is 5.84. The quantitative estimate of drug-likeness (QED) is 0.378. The smallest absolute Gasteiger partial charge is 0.224 e. The maximum Gasteiger partial charge on any atom is 0.224 e. The number of nitrogens with one attached hydrogen (secondary N) is 3. The van der Waals surface area contributed by atoms with Gasteiger partial charge in [-0.2, -0.15) is 0 Å². The zero-order chi connectivity index (χ0) is 20.5. The van der Waals surface area contributed by atoms with Crippen molar-refractivity contribution in [2.45, 2.75) is 19.3 Å². The van der Waals surface area contributed by atoms with E-state index >= 15 is 0 Å². The van der Waals surface area contributed by atoms with Crippen molar-refractivity contribution < 1.29 is 14.3 Å². The number of fused-ring (bicyclic) bond motifs is 1. The number of anilines is 2. The summed E-state index contributed by atoms with van der Waals surface area (Å²) < 4.78 is 11.3. The lowest BCUT2D eigenvalue weighted by Crippen LogP contribution is -2.31. The monoisotopic (exact) mass is 416 g/mol. The van der Waals surface area contributed by atoms with Crippen molar-refractivity contribution in [3.05, 3.63) is 47.5 Å². The highest BCUT2D eigenvalue weighted by molar-refractivity contribution is 6.30. The molecule has 0 unspecified atom stereocenters. The average Bonchev–Trinajstić information content (AvgIpc) is 2.97. The van der Waals surface area contributed by atoms with Crippen molar-refractivity contribution in [1.82, 2.24) is 5.32 Å². The Bertz CT molecular complexity index is 856. The second-order valence-electron chi connectivity index (χ2n) is 6.49. The largest absolute Gasteiger partial charge is 0.490 e. The number of halogens is 1. The minimum absolute atomic E-state index is 0.0417. The number of carbonyl (C=O) groups is 1. The van der Waals surface area contributed by atoms with Crippen LogP contribution in [-0.4, -0.2) is 38.7 Å². The van der Waals surface area contributed by atoms with Gasteiger partial charge in [-0.05, 0) is 42.8 Å². The van der Waals surface area contributed by atoms with E-state index in [1.165, 1.54) is 0 Å². The van der Waals surface area contributed by atoms with Gasteiger partial charge in [-0.3, -0.25) is 9.79 Å². The van der Waals surface area contributed by atoms with Crippen molar-refractivity contribution in [2.75, 3.05) is 37.4 Å². The lowest BCUT2D eigenvalue weighted by atomic mass is 10.2. The first kappa shape index (κ1) is 20.8. The van der Waals surface area contributed by atoms with Gasteiger partial charge in [0, 0.05) is 48.9 Å². The van der Waals surface area contributed by atoms with Crippen LogP contribution < -0.4 is 25.4 Å². The van der Waals surface area contributed by atoms with Crippen LogP contribution in [0, 0.1) is 0 Å². The number of hydrogen-bond donors (Lipinski definition) is 3. The number of guanidine groups is 1. The number of hydrogen-bond acceptors (Lipinski definition) is 4. The summed E-state index contributed by atoms with van der Waals surface area (Å²) in [5, 5.41) is 9.92. The summed E-state index contributed by atoms with van der Waals surface area (Å²) in [4.78, 5) is 16.2. The second kappa shape index (κ2) is 10.6. The predicted molar refractivity (Wildman–Crippen MR) is 116 cm³/mol. The third kappa shape index (κ3) is 6.57. The molecule has 1 aliphatic rings. The van der Waals surface area contributed by atoms with Gasteiger partial charge in [0.25, 0.3) is 0 Å². The van der Waals surface area contributed by atoms with Gasteiger partial charge in [-0.1, -0.05) is 11.6 Å². The first-order valence-electron chi connectivity index (χ1n) is 9.57. The zero-order valence-corrected chi connectivity index (χ0v) is 17.1. The van der Waals surface area contributed by atoms with E-state index in [9.17, 15) is 4.79 Å². The highest BCUT2D eigenvalue weighted by Gasteiger charge is 2.11. The fourth-order valence-corrected chi connectivity index (χ4v) is 2.90. The Kier molecular flexibility index (Phi) is 7.58. The number of amides is 1. The van der Waals surface area contributed by atoms with Crippen LogP contribution in [0.1, 0.15) is 19.3 Å². The Labute approximate surface area is 175 Å². The molecule has 1 aliphatic heterocycles. The van der Waals surface area contributed by atoms with Gasteiger partial charge >= 0.3 is 0 Å². The summed E-state index contributed by atoms with van der Waals surface area (Å²) in [6, 6.07) is 12.7. The third-order valence-corrected chi connectivity index (χ3v) is 4.49. The van der Waals surface area contributed by atoms with Crippen LogP contribution in [0.3, 0.4) is 0 Å². The van der Waals surface area contributed by atoms with E-state index in [1.54, 1.807) is 31.3 Å². The fraction of sp³-hybridized carbons (Fsp3) is 0.333. The third-order valence-electron chi connectivity index (χ3n) is 4.23. The number of nitrogens with zero attached hydrogens (tertiary/aromatic N) is 1. The van der Waals surface area contributed by atoms with Gasteiger partial charge in [0.2, 0.25) is 5.91 Å². The van der Waals surface area contributed by atoms with Gasteiger partial charge in [-0.15, -0.1) is 0 Å².